The molecule has 0 saturated carbocycles. The van der Waals surface area contributed by atoms with Gasteiger partial charge in [0, 0.05) is 18.9 Å². The zero-order valence-electron chi connectivity index (χ0n) is 9.51. The predicted octanol–water partition coefficient (Wildman–Crippen LogP) is 0.429. The minimum Gasteiger partial charge on any atom is -0.396 e. The summed E-state index contributed by atoms with van der Waals surface area (Å²) < 4.78 is 14.8. The molecule has 3 N–H and O–H groups in total. The SMILES string of the molecule is Nc1cnn(CCNC(=O)c2ccncc2F)c1. The van der Waals surface area contributed by atoms with Crippen LogP contribution < -0.4 is 11.1 Å². The van der Waals surface area contributed by atoms with E-state index in [4.69, 9.17) is 5.73 Å². The standard InChI is InChI=1S/C11H12FN5O/c12-10-6-14-2-1-9(10)11(18)15-3-4-17-7-8(13)5-16-17/h1-2,5-7H,3-4,13H2,(H,15,18). The summed E-state index contributed by atoms with van der Waals surface area (Å²) in [4.78, 5) is 15.2. The number of carbonyl (C=O) groups excluding carboxylic acids is 1. The maximum Gasteiger partial charge on any atom is 0.254 e. The van der Waals surface area contributed by atoms with Gasteiger partial charge in [0.25, 0.3) is 5.91 Å². The maximum absolute atomic E-state index is 13.2. The van der Waals surface area contributed by atoms with Gasteiger partial charge in [-0.2, -0.15) is 5.10 Å². The number of aromatic nitrogens is 3. The first-order valence-electron chi connectivity index (χ1n) is 5.32. The number of halogens is 1. The topological polar surface area (TPSA) is 85.8 Å². The van der Waals surface area contributed by atoms with Crippen LogP contribution >= 0.6 is 0 Å². The van der Waals surface area contributed by atoms with Crippen LogP contribution in [0, 0.1) is 5.82 Å². The Kier molecular flexibility index (Phi) is 3.52. The molecule has 0 fully saturated rings. The lowest BCUT2D eigenvalue weighted by atomic mass is 10.2. The van der Waals surface area contributed by atoms with Crippen molar-refractivity contribution in [2.24, 2.45) is 0 Å². The average Bonchev–Trinajstić information content (AvgIpc) is 2.75. The summed E-state index contributed by atoms with van der Waals surface area (Å²) in [5.74, 6) is -1.12. The van der Waals surface area contributed by atoms with Crippen LogP contribution in [0.4, 0.5) is 10.1 Å². The van der Waals surface area contributed by atoms with Crippen molar-refractivity contribution < 1.29 is 9.18 Å². The van der Waals surface area contributed by atoms with Gasteiger partial charge in [-0.05, 0) is 6.07 Å². The van der Waals surface area contributed by atoms with Gasteiger partial charge in [-0.1, -0.05) is 0 Å². The molecule has 0 atom stereocenters. The number of hydrogen-bond acceptors (Lipinski definition) is 4. The highest BCUT2D eigenvalue weighted by Crippen LogP contribution is 2.03. The van der Waals surface area contributed by atoms with Crippen LogP contribution in [0.1, 0.15) is 10.4 Å². The zero-order valence-corrected chi connectivity index (χ0v) is 9.51. The molecule has 0 aliphatic heterocycles. The third-order valence-electron chi connectivity index (χ3n) is 2.30. The van der Waals surface area contributed by atoms with Gasteiger partial charge in [0.2, 0.25) is 0 Å². The second kappa shape index (κ2) is 5.26. The summed E-state index contributed by atoms with van der Waals surface area (Å²) in [6, 6.07) is 1.33. The van der Waals surface area contributed by atoms with Crippen molar-refractivity contribution in [3.8, 4) is 0 Å². The fourth-order valence-corrected chi connectivity index (χ4v) is 1.44. The van der Waals surface area contributed by atoms with Gasteiger partial charge in [0.05, 0.1) is 30.2 Å². The molecule has 0 unspecified atom stereocenters. The smallest absolute Gasteiger partial charge is 0.254 e. The van der Waals surface area contributed by atoms with E-state index in [0.717, 1.165) is 6.20 Å². The number of pyridine rings is 1. The third-order valence-corrected chi connectivity index (χ3v) is 2.30. The van der Waals surface area contributed by atoms with Crippen LogP contribution in [0.2, 0.25) is 0 Å². The Bertz CT molecular complexity index is 554. The Hall–Kier alpha value is -2.44. The highest BCUT2D eigenvalue weighted by molar-refractivity contribution is 5.94. The molecule has 18 heavy (non-hydrogen) atoms. The van der Waals surface area contributed by atoms with E-state index in [1.54, 1.807) is 10.9 Å². The summed E-state index contributed by atoms with van der Waals surface area (Å²) in [7, 11) is 0. The molecule has 2 aromatic rings. The number of amides is 1. The molecule has 0 saturated heterocycles. The Morgan fingerprint density at radius 2 is 2.33 bits per heavy atom. The van der Waals surface area contributed by atoms with Crippen molar-refractivity contribution in [2.75, 3.05) is 12.3 Å². The Morgan fingerprint density at radius 1 is 1.50 bits per heavy atom. The number of rotatable bonds is 4. The first-order chi connectivity index (χ1) is 8.66. The lowest BCUT2D eigenvalue weighted by molar-refractivity contribution is 0.0947. The summed E-state index contributed by atoms with van der Waals surface area (Å²) >= 11 is 0. The van der Waals surface area contributed by atoms with E-state index in [1.165, 1.54) is 18.5 Å². The fourth-order valence-electron chi connectivity index (χ4n) is 1.44. The van der Waals surface area contributed by atoms with Crippen molar-refractivity contribution in [1.82, 2.24) is 20.1 Å². The van der Waals surface area contributed by atoms with Crippen molar-refractivity contribution in [3.05, 3.63) is 42.2 Å². The maximum atomic E-state index is 13.2. The molecule has 0 bridgehead atoms. The number of anilines is 1. The Morgan fingerprint density at radius 3 is 3.00 bits per heavy atom. The Balaban J connectivity index is 1.87. The second-order valence-electron chi connectivity index (χ2n) is 3.65. The van der Waals surface area contributed by atoms with Gasteiger partial charge in [-0.15, -0.1) is 0 Å². The summed E-state index contributed by atoms with van der Waals surface area (Å²) in [6.45, 7) is 0.803. The van der Waals surface area contributed by atoms with E-state index in [2.05, 4.69) is 15.4 Å². The molecule has 7 heteroatoms. The highest BCUT2D eigenvalue weighted by Gasteiger charge is 2.10. The Labute approximate surface area is 103 Å². The van der Waals surface area contributed by atoms with Crippen LogP contribution in [-0.4, -0.2) is 27.2 Å². The van der Waals surface area contributed by atoms with E-state index in [9.17, 15) is 9.18 Å². The fraction of sp³-hybridized carbons (Fsp3) is 0.182. The molecule has 0 spiro atoms. The normalized spacial score (nSPS) is 10.3. The minimum absolute atomic E-state index is 0.0232. The van der Waals surface area contributed by atoms with Crippen LogP contribution in [0.5, 0.6) is 0 Å². The molecular weight excluding hydrogens is 237 g/mol. The summed E-state index contributed by atoms with van der Waals surface area (Å²) in [6.07, 6.45) is 5.54. The molecule has 6 nitrogen and oxygen atoms in total. The second-order valence-corrected chi connectivity index (χ2v) is 3.65. The molecule has 0 aromatic carbocycles. The monoisotopic (exact) mass is 249 g/mol. The molecule has 2 heterocycles. The van der Waals surface area contributed by atoms with Gasteiger partial charge in [-0.3, -0.25) is 14.5 Å². The van der Waals surface area contributed by atoms with Crippen LogP contribution in [0.3, 0.4) is 0 Å². The van der Waals surface area contributed by atoms with E-state index >= 15 is 0 Å². The molecule has 2 aromatic heterocycles. The van der Waals surface area contributed by atoms with E-state index in [1.807, 2.05) is 0 Å². The van der Waals surface area contributed by atoms with Crippen LogP contribution in [0.15, 0.2) is 30.9 Å². The van der Waals surface area contributed by atoms with Crippen LogP contribution in [-0.2, 0) is 6.54 Å². The first kappa shape index (κ1) is 12.0. The lowest BCUT2D eigenvalue weighted by Gasteiger charge is -2.05. The summed E-state index contributed by atoms with van der Waals surface area (Å²) in [5.41, 5.74) is 6.03. The van der Waals surface area contributed by atoms with E-state index in [-0.39, 0.29) is 5.56 Å². The van der Waals surface area contributed by atoms with Crippen LogP contribution in [0.25, 0.3) is 0 Å². The molecule has 94 valence electrons. The first-order valence-corrected chi connectivity index (χ1v) is 5.32. The van der Waals surface area contributed by atoms with Gasteiger partial charge in [0.1, 0.15) is 0 Å². The molecule has 0 radical (unpaired) electrons. The quantitative estimate of drug-likeness (QED) is 0.822. The number of carbonyl (C=O) groups is 1. The van der Waals surface area contributed by atoms with Gasteiger partial charge in [-0.25, -0.2) is 4.39 Å². The van der Waals surface area contributed by atoms with Crippen molar-refractivity contribution in [3.63, 3.8) is 0 Å². The number of nitrogens with one attached hydrogen (secondary N) is 1. The minimum atomic E-state index is -0.640. The molecular formula is C11H12FN5O. The zero-order chi connectivity index (χ0) is 13.0. The molecule has 0 aliphatic rings. The van der Waals surface area contributed by atoms with Gasteiger partial charge < -0.3 is 11.1 Å². The molecule has 2 rings (SSSR count). The number of nitrogens with zero attached hydrogens (tertiary/aromatic N) is 3. The third kappa shape index (κ3) is 2.82. The summed E-state index contributed by atoms with van der Waals surface area (Å²) in [5, 5.41) is 6.55. The largest absolute Gasteiger partial charge is 0.396 e. The molecule has 0 aliphatic carbocycles. The van der Waals surface area contributed by atoms with Crippen molar-refractivity contribution in [2.45, 2.75) is 6.54 Å². The predicted molar refractivity (Wildman–Crippen MR) is 63.2 cm³/mol. The van der Waals surface area contributed by atoms with Gasteiger partial charge >= 0.3 is 0 Å². The van der Waals surface area contributed by atoms with Crippen molar-refractivity contribution >= 4 is 11.6 Å². The highest BCUT2D eigenvalue weighted by atomic mass is 19.1. The lowest BCUT2D eigenvalue weighted by Crippen LogP contribution is -2.28. The van der Waals surface area contributed by atoms with E-state index < -0.39 is 11.7 Å². The molecule has 1 amide bonds. The average molecular weight is 249 g/mol. The van der Waals surface area contributed by atoms with E-state index in [0.29, 0.717) is 18.8 Å². The number of nitrogens with two attached hydrogens (primary N) is 1. The number of nitrogen functional groups attached to an aromatic ring is 1. The van der Waals surface area contributed by atoms with Crippen molar-refractivity contribution in [1.29, 1.82) is 0 Å². The van der Waals surface area contributed by atoms with Gasteiger partial charge in [0.15, 0.2) is 5.82 Å². The number of hydrogen-bond donors (Lipinski definition) is 2.